The maximum atomic E-state index is 11.7. The zero-order chi connectivity index (χ0) is 11.0. The lowest BCUT2D eigenvalue weighted by atomic mass is 10.2. The van der Waals surface area contributed by atoms with Crippen molar-refractivity contribution in [1.29, 1.82) is 0 Å². The molecule has 15 heavy (non-hydrogen) atoms. The molecule has 6 nitrogen and oxygen atoms in total. The second-order valence-electron chi connectivity index (χ2n) is 3.58. The minimum absolute atomic E-state index is 0.0596. The van der Waals surface area contributed by atoms with E-state index in [1.54, 1.807) is 7.05 Å². The van der Waals surface area contributed by atoms with Crippen LogP contribution in [0.5, 0.6) is 0 Å². The molecule has 1 aromatic heterocycles. The molecule has 1 aliphatic carbocycles. The van der Waals surface area contributed by atoms with Gasteiger partial charge in [-0.2, -0.15) is 5.10 Å². The second-order valence-corrected chi connectivity index (χ2v) is 3.58. The summed E-state index contributed by atoms with van der Waals surface area (Å²) in [6, 6.07) is 0.203. The van der Waals surface area contributed by atoms with E-state index in [2.05, 4.69) is 10.4 Å². The Labute approximate surface area is 85.9 Å². The lowest BCUT2D eigenvalue weighted by Gasteiger charge is -2.04. The lowest BCUT2D eigenvalue weighted by Crippen LogP contribution is -2.29. The highest BCUT2D eigenvalue weighted by Crippen LogP contribution is 2.19. The van der Waals surface area contributed by atoms with Gasteiger partial charge in [0.05, 0.1) is 6.20 Å². The summed E-state index contributed by atoms with van der Waals surface area (Å²) in [7, 11) is 1.55. The van der Waals surface area contributed by atoms with Crippen LogP contribution in [0.15, 0.2) is 6.20 Å². The van der Waals surface area contributed by atoms with Crippen LogP contribution >= 0.6 is 0 Å². The highest BCUT2D eigenvalue weighted by Gasteiger charge is 2.28. The molecule has 1 saturated carbocycles. The third-order valence-electron chi connectivity index (χ3n) is 2.30. The number of carboxylic acids is 1. The van der Waals surface area contributed by atoms with Crippen LogP contribution in [-0.2, 0) is 7.05 Å². The summed E-state index contributed by atoms with van der Waals surface area (Å²) < 4.78 is 1.28. The van der Waals surface area contributed by atoms with Gasteiger partial charge in [0.25, 0.3) is 5.91 Å². The van der Waals surface area contributed by atoms with E-state index in [1.165, 1.54) is 10.9 Å². The van der Waals surface area contributed by atoms with E-state index in [0.29, 0.717) is 0 Å². The number of carbonyl (C=O) groups excluding carboxylic acids is 1. The molecule has 0 bridgehead atoms. The number of aromatic nitrogens is 2. The van der Waals surface area contributed by atoms with Gasteiger partial charge in [-0.05, 0) is 12.8 Å². The van der Waals surface area contributed by atoms with Crippen LogP contribution in [-0.4, -0.2) is 32.8 Å². The number of aryl methyl sites for hydroxylation is 1. The summed E-state index contributed by atoms with van der Waals surface area (Å²) in [4.78, 5) is 22.5. The number of hydrogen-bond acceptors (Lipinski definition) is 3. The maximum Gasteiger partial charge on any atom is 0.339 e. The van der Waals surface area contributed by atoms with Crippen molar-refractivity contribution < 1.29 is 14.7 Å². The molecule has 80 valence electrons. The first-order valence-corrected chi connectivity index (χ1v) is 4.65. The Morgan fingerprint density at radius 3 is 2.80 bits per heavy atom. The van der Waals surface area contributed by atoms with Gasteiger partial charge in [0.15, 0.2) is 0 Å². The molecule has 6 heteroatoms. The minimum Gasteiger partial charge on any atom is -0.478 e. The van der Waals surface area contributed by atoms with E-state index in [0.717, 1.165) is 12.8 Å². The van der Waals surface area contributed by atoms with Crippen LogP contribution in [0.25, 0.3) is 0 Å². The molecule has 1 amide bonds. The van der Waals surface area contributed by atoms with Crippen molar-refractivity contribution in [2.45, 2.75) is 18.9 Å². The zero-order valence-electron chi connectivity index (χ0n) is 8.23. The summed E-state index contributed by atoms with van der Waals surface area (Å²) in [5, 5.41) is 15.3. The van der Waals surface area contributed by atoms with Gasteiger partial charge in [-0.25, -0.2) is 4.79 Å². The van der Waals surface area contributed by atoms with E-state index in [9.17, 15) is 9.59 Å². The molecule has 2 rings (SSSR count). The van der Waals surface area contributed by atoms with Gasteiger partial charge in [-0.1, -0.05) is 0 Å². The monoisotopic (exact) mass is 209 g/mol. The van der Waals surface area contributed by atoms with Crippen molar-refractivity contribution in [3.63, 3.8) is 0 Å². The molecule has 1 aliphatic rings. The van der Waals surface area contributed by atoms with Crippen LogP contribution in [0.1, 0.15) is 33.7 Å². The van der Waals surface area contributed by atoms with Gasteiger partial charge >= 0.3 is 5.97 Å². The average molecular weight is 209 g/mol. The Morgan fingerprint density at radius 1 is 1.60 bits per heavy atom. The summed E-state index contributed by atoms with van der Waals surface area (Å²) >= 11 is 0. The molecule has 1 heterocycles. The van der Waals surface area contributed by atoms with E-state index in [1.807, 2.05) is 0 Å². The van der Waals surface area contributed by atoms with Crippen LogP contribution in [0, 0.1) is 0 Å². The van der Waals surface area contributed by atoms with Gasteiger partial charge in [-0.3, -0.25) is 9.48 Å². The minimum atomic E-state index is -1.14. The van der Waals surface area contributed by atoms with Crippen LogP contribution in [0.2, 0.25) is 0 Å². The highest BCUT2D eigenvalue weighted by atomic mass is 16.4. The van der Waals surface area contributed by atoms with E-state index in [4.69, 9.17) is 5.11 Å². The van der Waals surface area contributed by atoms with E-state index >= 15 is 0 Å². The van der Waals surface area contributed by atoms with E-state index < -0.39 is 5.97 Å². The number of nitrogens with one attached hydrogen (secondary N) is 1. The van der Waals surface area contributed by atoms with Crippen molar-refractivity contribution in [3.8, 4) is 0 Å². The predicted molar refractivity (Wildman–Crippen MR) is 50.7 cm³/mol. The number of nitrogens with zero attached hydrogens (tertiary/aromatic N) is 2. The Kier molecular flexibility index (Phi) is 2.18. The average Bonchev–Trinajstić information content (AvgIpc) is 2.86. The molecule has 1 aromatic rings. The maximum absolute atomic E-state index is 11.7. The van der Waals surface area contributed by atoms with Crippen molar-refractivity contribution >= 4 is 11.9 Å². The highest BCUT2D eigenvalue weighted by molar-refractivity contribution is 6.03. The first-order valence-electron chi connectivity index (χ1n) is 4.65. The first kappa shape index (κ1) is 9.70. The molecule has 0 unspecified atom stereocenters. The smallest absolute Gasteiger partial charge is 0.339 e. The Hall–Kier alpha value is -1.85. The van der Waals surface area contributed by atoms with Crippen molar-refractivity contribution in [2.75, 3.05) is 0 Å². The largest absolute Gasteiger partial charge is 0.478 e. The fourth-order valence-corrected chi connectivity index (χ4v) is 1.34. The van der Waals surface area contributed by atoms with Gasteiger partial charge in [0.1, 0.15) is 11.3 Å². The zero-order valence-corrected chi connectivity index (χ0v) is 8.23. The summed E-state index contributed by atoms with van der Waals surface area (Å²) in [5.41, 5.74) is 0.0463. The molecular weight excluding hydrogens is 198 g/mol. The van der Waals surface area contributed by atoms with Crippen molar-refractivity contribution in [1.82, 2.24) is 15.1 Å². The topological polar surface area (TPSA) is 84.2 Å². The van der Waals surface area contributed by atoms with Gasteiger partial charge in [0, 0.05) is 13.1 Å². The van der Waals surface area contributed by atoms with Crippen LogP contribution in [0.3, 0.4) is 0 Å². The molecule has 0 aliphatic heterocycles. The number of aromatic carboxylic acids is 1. The number of amides is 1. The Bertz CT molecular complexity index is 420. The number of carboxylic acid groups (broad SMARTS) is 1. The van der Waals surface area contributed by atoms with Crippen molar-refractivity contribution in [2.24, 2.45) is 7.05 Å². The molecule has 2 N–H and O–H groups in total. The van der Waals surface area contributed by atoms with Crippen molar-refractivity contribution in [3.05, 3.63) is 17.5 Å². The quantitative estimate of drug-likeness (QED) is 0.734. The molecule has 0 saturated heterocycles. The second kappa shape index (κ2) is 3.38. The number of carbonyl (C=O) groups is 2. The molecule has 0 spiro atoms. The summed E-state index contributed by atoms with van der Waals surface area (Å²) in [6.07, 6.45) is 3.11. The molecule has 0 radical (unpaired) electrons. The SMILES string of the molecule is Cn1ncc(C(=O)O)c1C(=O)NC1CC1. The van der Waals surface area contributed by atoms with Crippen LogP contribution < -0.4 is 5.32 Å². The Morgan fingerprint density at radius 2 is 2.27 bits per heavy atom. The summed E-state index contributed by atoms with van der Waals surface area (Å²) in [5.74, 6) is -1.50. The fourth-order valence-electron chi connectivity index (χ4n) is 1.34. The van der Waals surface area contributed by atoms with Gasteiger partial charge in [0.2, 0.25) is 0 Å². The standard InChI is InChI=1S/C9H11N3O3/c1-12-7(6(4-10-12)9(14)15)8(13)11-5-2-3-5/h4-5H,2-3H2,1H3,(H,11,13)(H,14,15). The summed E-state index contributed by atoms with van der Waals surface area (Å²) in [6.45, 7) is 0. The molecule has 1 fully saturated rings. The third-order valence-corrected chi connectivity index (χ3v) is 2.30. The molecule has 0 aromatic carbocycles. The lowest BCUT2D eigenvalue weighted by molar-refractivity contribution is 0.0690. The van der Waals surface area contributed by atoms with Gasteiger partial charge < -0.3 is 10.4 Å². The van der Waals surface area contributed by atoms with Crippen LogP contribution in [0.4, 0.5) is 0 Å². The number of rotatable bonds is 3. The molecular formula is C9H11N3O3. The normalized spacial score (nSPS) is 15.0. The predicted octanol–water partition coefficient (Wildman–Crippen LogP) is 0.0105. The van der Waals surface area contributed by atoms with Gasteiger partial charge in [-0.15, -0.1) is 0 Å². The third kappa shape index (κ3) is 1.83. The van der Waals surface area contributed by atoms with E-state index in [-0.39, 0.29) is 23.2 Å². The fraction of sp³-hybridized carbons (Fsp3) is 0.444. The Balaban J connectivity index is 2.27. The number of hydrogen-bond donors (Lipinski definition) is 2. The first-order chi connectivity index (χ1) is 7.09. The molecule has 0 atom stereocenters.